The summed E-state index contributed by atoms with van der Waals surface area (Å²) in [5.41, 5.74) is 0.0611. The Hall–Kier alpha value is -5.56. The van der Waals surface area contributed by atoms with Gasteiger partial charge in [0.1, 0.15) is 17.4 Å². The Kier molecular flexibility index (Phi) is 12.2. The van der Waals surface area contributed by atoms with Crippen molar-refractivity contribution in [2.24, 2.45) is 11.8 Å². The van der Waals surface area contributed by atoms with Crippen LogP contribution in [0.5, 0.6) is 5.75 Å². The van der Waals surface area contributed by atoms with Crippen molar-refractivity contribution < 1.29 is 49.4 Å². The zero-order valence-electron chi connectivity index (χ0n) is 30.7. The molecule has 2 aliphatic heterocycles. The van der Waals surface area contributed by atoms with Gasteiger partial charge in [0.25, 0.3) is 11.8 Å². The fraction of sp³-hybridized carbons (Fsp3) is 0.300. The maximum atomic E-state index is 13.3. The molecule has 4 aromatic carbocycles. The van der Waals surface area contributed by atoms with E-state index in [2.05, 4.69) is 25.3 Å². The second-order valence-corrected chi connectivity index (χ2v) is 16.0. The zero-order valence-corrected chi connectivity index (χ0v) is 32.4. The monoisotopic (exact) mass is 862 g/mol. The molecule has 8 rings (SSSR count). The highest BCUT2D eigenvalue weighted by Crippen LogP contribution is 2.34. The third-order valence-corrected chi connectivity index (χ3v) is 11.7. The van der Waals surface area contributed by atoms with Crippen LogP contribution in [0.25, 0.3) is 20.4 Å². The van der Waals surface area contributed by atoms with Crippen molar-refractivity contribution in [1.82, 2.24) is 19.8 Å². The molecule has 59 heavy (non-hydrogen) atoms. The quantitative estimate of drug-likeness (QED) is 0.140. The Morgan fingerprint density at radius 3 is 1.66 bits per heavy atom. The number of ether oxygens (including phenoxy) is 1. The van der Waals surface area contributed by atoms with Crippen LogP contribution in [-0.2, 0) is 6.18 Å². The number of benzene rings is 4. The highest BCUT2D eigenvalue weighted by molar-refractivity contribution is 7.22. The smallest absolute Gasteiger partial charge is 0.405 e. The van der Waals surface area contributed by atoms with E-state index >= 15 is 0 Å². The molecule has 6 aromatic rings. The topological polar surface area (TPSA) is 99.7 Å². The maximum Gasteiger partial charge on any atom is 0.573 e. The molecule has 0 aliphatic carbocycles. The van der Waals surface area contributed by atoms with Gasteiger partial charge in [0, 0.05) is 39.3 Å². The standard InChI is InChI=1S/C20H17F4N3O2S.C20H17F4N3OS/c21-13-5-6-15-17(9-13)30-19(26-15)25-10-12-7-8-27(11-12)18(28)14-3-1-2-4-16(14)29-20(22,23)24;21-13-5-6-16-17(9-13)29-19(26-16)25-10-12-7-8-27(11-12)18(28)14-3-1-2-4-15(14)20(22,23)24/h1-6,9,12H,7-8,10-11H2,(H,25,26);1-6,9,12H,7-8,10-11H2,(H,25,26)/t2*12-/m00/s1. The Morgan fingerprint density at radius 1 is 0.678 bits per heavy atom. The number of thiazole rings is 2. The first kappa shape index (κ1) is 41.6. The van der Waals surface area contributed by atoms with E-state index in [9.17, 15) is 44.7 Å². The van der Waals surface area contributed by atoms with Gasteiger partial charge in [0.15, 0.2) is 10.3 Å². The van der Waals surface area contributed by atoms with Crippen molar-refractivity contribution in [1.29, 1.82) is 0 Å². The number of para-hydroxylation sites is 1. The second-order valence-electron chi connectivity index (χ2n) is 13.9. The minimum Gasteiger partial charge on any atom is -0.405 e. The van der Waals surface area contributed by atoms with Gasteiger partial charge >= 0.3 is 12.5 Å². The average molecular weight is 863 g/mol. The molecule has 2 aromatic heterocycles. The SMILES string of the molecule is O=C(c1ccccc1C(F)(F)F)N1CC[C@@H](CNc2nc3ccc(F)cc3s2)C1.O=C(c1ccccc1OC(F)(F)F)N1CC[C@@H](CNc2nc3ccc(F)cc3s2)C1. The lowest BCUT2D eigenvalue weighted by atomic mass is 10.1. The second kappa shape index (κ2) is 17.3. The molecule has 9 nitrogen and oxygen atoms in total. The van der Waals surface area contributed by atoms with Crippen LogP contribution in [0.4, 0.5) is 45.4 Å². The molecule has 2 fully saturated rings. The summed E-state index contributed by atoms with van der Waals surface area (Å²) in [4.78, 5) is 37.2. The molecule has 0 saturated carbocycles. The van der Waals surface area contributed by atoms with Gasteiger partial charge in [0.05, 0.1) is 37.1 Å². The summed E-state index contributed by atoms with van der Waals surface area (Å²) in [7, 11) is 0. The van der Waals surface area contributed by atoms with Crippen LogP contribution in [0.1, 0.15) is 39.1 Å². The molecule has 310 valence electrons. The van der Waals surface area contributed by atoms with Crippen molar-refractivity contribution in [3.05, 3.63) is 113 Å². The van der Waals surface area contributed by atoms with Crippen molar-refractivity contribution in [2.75, 3.05) is 49.9 Å². The molecule has 0 unspecified atom stereocenters. The number of fused-ring (bicyclic) bond motifs is 2. The van der Waals surface area contributed by atoms with E-state index in [1.807, 2.05) is 0 Å². The number of likely N-dealkylation sites (tertiary alicyclic amines) is 2. The number of halogens is 8. The molecule has 2 saturated heterocycles. The number of amides is 2. The van der Waals surface area contributed by atoms with Gasteiger partial charge in [-0.15, -0.1) is 13.2 Å². The molecule has 2 atom stereocenters. The number of carbonyl (C=O) groups is 2. The Balaban J connectivity index is 0.000000179. The number of rotatable bonds is 9. The van der Waals surface area contributed by atoms with Gasteiger partial charge in [-0.1, -0.05) is 46.9 Å². The van der Waals surface area contributed by atoms with Crippen LogP contribution in [0.2, 0.25) is 0 Å². The number of anilines is 2. The number of hydrogen-bond acceptors (Lipinski definition) is 9. The molecular formula is C40H34F8N6O3S2. The third-order valence-electron chi connectivity index (χ3n) is 9.74. The first-order valence-corrected chi connectivity index (χ1v) is 19.9. The predicted octanol–water partition coefficient (Wildman–Crippen LogP) is 9.94. The van der Waals surface area contributed by atoms with Crippen LogP contribution < -0.4 is 15.4 Å². The number of nitrogens with zero attached hydrogens (tertiary/aromatic N) is 4. The number of alkyl halides is 6. The largest absolute Gasteiger partial charge is 0.573 e. The minimum absolute atomic E-state index is 0.0979. The van der Waals surface area contributed by atoms with Crippen LogP contribution >= 0.6 is 22.7 Å². The summed E-state index contributed by atoms with van der Waals surface area (Å²) >= 11 is 2.68. The summed E-state index contributed by atoms with van der Waals surface area (Å²) < 4.78 is 109. The number of nitrogens with one attached hydrogen (secondary N) is 2. The van der Waals surface area contributed by atoms with Crippen LogP contribution in [-0.4, -0.2) is 77.2 Å². The van der Waals surface area contributed by atoms with Crippen molar-refractivity contribution in [2.45, 2.75) is 25.4 Å². The number of hydrogen-bond donors (Lipinski definition) is 2. The Morgan fingerprint density at radius 2 is 1.15 bits per heavy atom. The molecule has 0 spiro atoms. The van der Waals surface area contributed by atoms with E-state index in [4.69, 9.17) is 0 Å². The Bertz CT molecular complexity index is 2460. The minimum atomic E-state index is -4.87. The molecule has 2 N–H and O–H groups in total. The highest BCUT2D eigenvalue weighted by Gasteiger charge is 2.38. The van der Waals surface area contributed by atoms with Gasteiger partial charge < -0.3 is 25.2 Å². The van der Waals surface area contributed by atoms with E-state index < -0.39 is 35.7 Å². The third kappa shape index (κ3) is 10.4. The van der Waals surface area contributed by atoms with Crippen LogP contribution in [0.3, 0.4) is 0 Å². The van der Waals surface area contributed by atoms with Crippen LogP contribution in [0, 0.1) is 23.5 Å². The fourth-order valence-corrected chi connectivity index (χ4v) is 8.69. The van der Waals surface area contributed by atoms with Crippen molar-refractivity contribution in [3.8, 4) is 5.75 Å². The normalized spacial score (nSPS) is 16.9. The molecule has 4 heterocycles. The van der Waals surface area contributed by atoms with E-state index in [1.54, 1.807) is 12.1 Å². The Labute approximate surface area is 339 Å². The zero-order chi connectivity index (χ0) is 41.9. The number of aromatic nitrogens is 2. The molecule has 0 radical (unpaired) electrons. The lowest BCUT2D eigenvalue weighted by molar-refractivity contribution is -0.274. The lowest BCUT2D eigenvalue weighted by Crippen LogP contribution is -2.31. The molecule has 2 amide bonds. The average Bonchev–Trinajstić information content (AvgIpc) is 4.01. The highest BCUT2D eigenvalue weighted by atomic mass is 32.1. The maximum absolute atomic E-state index is 13.3. The molecule has 2 aliphatic rings. The van der Waals surface area contributed by atoms with Gasteiger partial charge in [-0.2, -0.15) is 13.2 Å². The molecule has 0 bridgehead atoms. The van der Waals surface area contributed by atoms with Crippen molar-refractivity contribution >= 4 is 65.2 Å². The van der Waals surface area contributed by atoms with E-state index in [-0.39, 0.29) is 34.6 Å². The van der Waals surface area contributed by atoms with E-state index in [1.165, 1.54) is 93.1 Å². The summed E-state index contributed by atoms with van der Waals surface area (Å²) in [6.07, 6.45) is -8.04. The summed E-state index contributed by atoms with van der Waals surface area (Å²) in [5, 5.41) is 7.72. The van der Waals surface area contributed by atoms with Crippen LogP contribution in [0.15, 0.2) is 84.9 Å². The van der Waals surface area contributed by atoms with Gasteiger partial charge in [-0.25, -0.2) is 18.7 Å². The van der Waals surface area contributed by atoms with E-state index in [0.717, 1.165) is 21.5 Å². The van der Waals surface area contributed by atoms with E-state index in [0.29, 0.717) is 73.4 Å². The van der Waals surface area contributed by atoms with Gasteiger partial charge in [-0.3, -0.25) is 9.59 Å². The molecule has 19 heteroatoms. The molecular weight excluding hydrogens is 829 g/mol. The predicted molar refractivity (Wildman–Crippen MR) is 209 cm³/mol. The van der Waals surface area contributed by atoms with Gasteiger partial charge in [-0.05, 0) is 85.3 Å². The summed E-state index contributed by atoms with van der Waals surface area (Å²) in [6, 6.07) is 19.0. The fourth-order valence-electron chi connectivity index (χ4n) is 6.89. The van der Waals surface area contributed by atoms with Gasteiger partial charge in [0.2, 0.25) is 0 Å². The summed E-state index contributed by atoms with van der Waals surface area (Å²) in [5.74, 6) is -2.02. The summed E-state index contributed by atoms with van der Waals surface area (Å²) in [6.45, 7) is 2.71. The first-order valence-electron chi connectivity index (χ1n) is 18.3. The number of carbonyl (C=O) groups excluding carboxylic acids is 2. The lowest BCUT2D eigenvalue weighted by Gasteiger charge is -2.19. The van der Waals surface area contributed by atoms with Crippen molar-refractivity contribution in [3.63, 3.8) is 0 Å². The first-order chi connectivity index (χ1) is 28.1.